The molecule has 10 nitrogen and oxygen atoms in total. The van der Waals surface area contributed by atoms with Gasteiger partial charge in [-0.2, -0.15) is 23.4 Å². The van der Waals surface area contributed by atoms with E-state index in [1.807, 2.05) is 27.1 Å². The number of nitrogens with zero attached hydrogens (tertiary/aromatic N) is 6. The highest BCUT2D eigenvalue weighted by atomic mass is 19.4. The van der Waals surface area contributed by atoms with Crippen molar-refractivity contribution in [3.8, 4) is 0 Å². The lowest BCUT2D eigenvalue weighted by molar-refractivity contribution is -0.179. The zero-order valence-electron chi connectivity index (χ0n) is 26.6. The van der Waals surface area contributed by atoms with Crippen LogP contribution in [-0.2, 0) is 16.8 Å². The van der Waals surface area contributed by atoms with Gasteiger partial charge in [-0.05, 0) is 52.1 Å². The lowest BCUT2D eigenvalue weighted by atomic mass is 9.81. The van der Waals surface area contributed by atoms with Crippen LogP contribution >= 0.6 is 0 Å². The predicted octanol–water partition coefficient (Wildman–Crippen LogP) is 5.61. The van der Waals surface area contributed by atoms with Gasteiger partial charge in [0.25, 0.3) is 5.78 Å². The summed E-state index contributed by atoms with van der Waals surface area (Å²) in [4.78, 5) is 30.0. The molecule has 2 fully saturated rings. The Morgan fingerprint density at radius 1 is 1.16 bits per heavy atom. The molecule has 1 saturated carbocycles. The summed E-state index contributed by atoms with van der Waals surface area (Å²) in [6.07, 6.45) is 0.950. The summed E-state index contributed by atoms with van der Waals surface area (Å²) in [5.74, 6) is -3.44. The molecule has 15 heteroatoms. The molecule has 0 spiro atoms. The summed E-state index contributed by atoms with van der Waals surface area (Å²) in [7, 11) is 1.86. The van der Waals surface area contributed by atoms with Crippen molar-refractivity contribution >= 4 is 18.0 Å². The average Bonchev–Trinajstić information content (AvgIpc) is 3.60. The number of nitrogens with one attached hydrogen (secondary N) is 2. The van der Waals surface area contributed by atoms with E-state index in [2.05, 4.69) is 46.6 Å². The van der Waals surface area contributed by atoms with Gasteiger partial charge < -0.3 is 10.6 Å². The van der Waals surface area contributed by atoms with Crippen molar-refractivity contribution in [1.82, 2.24) is 40.0 Å². The summed E-state index contributed by atoms with van der Waals surface area (Å²) in [6.45, 7) is 10.7. The molecule has 0 bridgehead atoms. The third-order valence-electron chi connectivity index (χ3n) is 7.97. The first-order chi connectivity index (χ1) is 21.0. The number of alkyl halides is 5. The van der Waals surface area contributed by atoms with E-state index in [9.17, 15) is 31.5 Å². The maximum Gasteiger partial charge on any atom is 0.393 e. The van der Waals surface area contributed by atoms with Crippen LogP contribution in [0.1, 0.15) is 99.8 Å². The van der Waals surface area contributed by atoms with Crippen LogP contribution in [0.3, 0.4) is 0 Å². The molecule has 4 heterocycles. The van der Waals surface area contributed by atoms with E-state index in [4.69, 9.17) is 4.98 Å². The standard InChI is InChI=1S/C18H27F2N5.C6H8F3NO.C6H8N2O/c1-11-15(17(2,3)4)23-16-22-13(10-25(16)24-11)14(21-5)12-6-8-18(19,20)9-7-12;7-6(8,9)4-1-2-5(11)10-3-4;1-2-8-6(5-9)3-4-7-8/h10,12,14,21H,6-9H2,1-5H3;4H,1-3H2,(H,10,11);3-5H,2H2,1H3. The molecule has 3 aromatic heterocycles. The van der Waals surface area contributed by atoms with Gasteiger partial charge in [0.2, 0.25) is 11.8 Å². The number of hydrogen-bond acceptors (Lipinski definition) is 7. The second-order valence-corrected chi connectivity index (χ2v) is 12.4. The molecule has 1 amide bonds. The number of aromatic nitrogens is 6. The first-order valence-electron chi connectivity index (χ1n) is 15.1. The van der Waals surface area contributed by atoms with Crippen molar-refractivity contribution in [3.63, 3.8) is 0 Å². The fourth-order valence-corrected chi connectivity index (χ4v) is 5.52. The smallest absolute Gasteiger partial charge is 0.355 e. The summed E-state index contributed by atoms with van der Waals surface area (Å²) < 4.78 is 66.0. The van der Waals surface area contributed by atoms with Gasteiger partial charge in [0.1, 0.15) is 5.69 Å². The monoisotopic (exact) mass is 642 g/mol. The Morgan fingerprint density at radius 3 is 2.31 bits per heavy atom. The second-order valence-electron chi connectivity index (χ2n) is 12.4. The van der Waals surface area contributed by atoms with Crippen LogP contribution in [0.4, 0.5) is 22.0 Å². The lowest BCUT2D eigenvalue weighted by Gasteiger charge is -2.32. The topological polar surface area (TPSA) is 119 Å². The fraction of sp³-hybridized carbons (Fsp3) is 0.667. The quantitative estimate of drug-likeness (QED) is 0.275. The van der Waals surface area contributed by atoms with E-state index in [1.165, 1.54) is 0 Å². The number of halogens is 5. The zero-order chi connectivity index (χ0) is 33.6. The number of aldehydes is 1. The Bertz CT molecular complexity index is 1410. The minimum atomic E-state index is -4.16. The van der Waals surface area contributed by atoms with Crippen molar-refractivity contribution in [2.24, 2.45) is 11.8 Å². The first kappa shape index (κ1) is 36.0. The number of hydrogen-bond donors (Lipinski definition) is 2. The van der Waals surface area contributed by atoms with E-state index in [0.29, 0.717) is 24.3 Å². The van der Waals surface area contributed by atoms with Crippen LogP contribution in [0.5, 0.6) is 0 Å². The van der Waals surface area contributed by atoms with Gasteiger partial charge in [0, 0.05) is 44.0 Å². The third-order valence-corrected chi connectivity index (χ3v) is 7.97. The Labute approximate surface area is 259 Å². The Morgan fingerprint density at radius 2 is 1.82 bits per heavy atom. The zero-order valence-corrected chi connectivity index (χ0v) is 26.6. The number of piperidine rings is 1. The summed E-state index contributed by atoms with van der Waals surface area (Å²) >= 11 is 0. The van der Waals surface area contributed by atoms with Crippen LogP contribution < -0.4 is 10.6 Å². The second kappa shape index (κ2) is 14.7. The molecule has 1 aliphatic carbocycles. The molecule has 2 unspecified atom stereocenters. The molecule has 1 aliphatic heterocycles. The van der Waals surface area contributed by atoms with Crippen molar-refractivity contribution in [2.75, 3.05) is 13.6 Å². The molecule has 2 atom stereocenters. The van der Waals surface area contributed by atoms with Crippen molar-refractivity contribution in [2.45, 2.75) is 103 Å². The maximum atomic E-state index is 13.5. The lowest BCUT2D eigenvalue weighted by Crippen LogP contribution is -2.41. The number of fused-ring (bicyclic) bond motifs is 1. The summed E-state index contributed by atoms with van der Waals surface area (Å²) in [5.41, 5.74) is 3.15. The largest absolute Gasteiger partial charge is 0.393 e. The van der Waals surface area contributed by atoms with Gasteiger partial charge in [-0.3, -0.25) is 14.3 Å². The highest BCUT2D eigenvalue weighted by molar-refractivity contribution is 5.76. The van der Waals surface area contributed by atoms with Gasteiger partial charge in [-0.15, -0.1) is 0 Å². The van der Waals surface area contributed by atoms with E-state index in [-0.39, 0.29) is 55.5 Å². The summed E-state index contributed by atoms with van der Waals surface area (Å²) in [6, 6.07) is 1.63. The van der Waals surface area contributed by atoms with Crippen molar-refractivity contribution in [3.05, 3.63) is 41.2 Å². The minimum absolute atomic E-state index is 0.00975. The van der Waals surface area contributed by atoms with Gasteiger partial charge in [0.15, 0.2) is 6.29 Å². The molecule has 250 valence electrons. The van der Waals surface area contributed by atoms with Gasteiger partial charge in [0.05, 0.1) is 35.2 Å². The highest BCUT2D eigenvalue weighted by Crippen LogP contribution is 2.41. The molecule has 45 heavy (non-hydrogen) atoms. The molecule has 0 aromatic carbocycles. The third kappa shape index (κ3) is 9.75. The van der Waals surface area contributed by atoms with Crippen LogP contribution in [0.15, 0.2) is 18.5 Å². The predicted molar refractivity (Wildman–Crippen MR) is 158 cm³/mol. The van der Waals surface area contributed by atoms with E-state index in [1.54, 1.807) is 21.5 Å². The van der Waals surface area contributed by atoms with Gasteiger partial charge >= 0.3 is 6.18 Å². The Balaban J connectivity index is 0.000000226. The highest BCUT2D eigenvalue weighted by Gasteiger charge is 2.41. The average molecular weight is 643 g/mol. The van der Waals surface area contributed by atoms with Gasteiger partial charge in [-0.1, -0.05) is 20.8 Å². The number of imidazole rings is 1. The first-order valence-corrected chi connectivity index (χ1v) is 15.1. The molecular formula is C30H43F5N8O2. The molecule has 2 aliphatic rings. The molecular weight excluding hydrogens is 599 g/mol. The van der Waals surface area contributed by atoms with Crippen LogP contribution in [0.2, 0.25) is 0 Å². The normalized spacial score (nSPS) is 19.5. The maximum absolute atomic E-state index is 13.5. The Hall–Kier alpha value is -3.49. The van der Waals surface area contributed by atoms with Crippen LogP contribution in [-0.4, -0.2) is 67.2 Å². The van der Waals surface area contributed by atoms with Gasteiger partial charge in [-0.25, -0.2) is 23.3 Å². The number of amides is 1. The number of rotatable bonds is 5. The van der Waals surface area contributed by atoms with Crippen molar-refractivity contribution in [1.29, 1.82) is 0 Å². The minimum Gasteiger partial charge on any atom is -0.355 e. The molecule has 5 rings (SSSR count). The molecule has 0 radical (unpaired) electrons. The Kier molecular flexibility index (Phi) is 11.8. The number of carbonyl (C=O) groups is 2. The fourth-order valence-electron chi connectivity index (χ4n) is 5.52. The van der Waals surface area contributed by atoms with Crippen LogP contribution in [0.25, 0.3) is 5.78 Å². The molecule has 1 saturated heterocycles. The molecule has 2 N–H and O–H groups in total. The van der Waals surface area contributed by atoms with E-state index in [0.717, 1.165) is 29.9 Å². The van der Waals surface area contributed by atoms with E-state index < -0.39 is 18.0 Å². The summed E-state index contributed by atoms with van der Waals surface area (Å²) in [5, 5.41) is 13.9. The van der Waals surface area contributed by atoms with Crippen LogP contribution in [0, 0.1) is 18.8 Å². The number of carbonyl (C=O) groups excluding carboxylic acids is 2. The van der Waals surface area contributed by atoms with E-state index >= 15 is 0 Å². The SMILES string of the molecule is CCn1nccc1C=O.CNC(c1cn2nc(C)c(C(C)(C)C)nc2n1)C1CCC(F)(F)CC1.O=C1CCC(C(F)(F)F)CN1. The molecule has 3 aromatic rings. The number of aryl methyl sites for hydroxylation is 2. The van der Waals surface area contributed by atoms with Crippen molar-refractivity contribution < 1.29 is 31.5 Å².